The molecular formula is C21H18N2OS2. The van der Waals surface area contributed by atoms with E-state index in [2.05, 4.69) is 59.1 Å². The maximum Gasteiger partial charge on any atom is 0.250 e. The van der Waals surface area contributed by atoms with Gasteiger partial charge in [0.25, 0.3) is 0 Å². The number of aryl methyl sites for hydroxylation is 1. The molecule has 26 heavy (non-hydrogen) atoms. The standard InChI is InChI=1S/C21H18N2OS2/c1-14-10-11-25-19(14)12-22-23-20(24)13-26-21-17-8-4-2-6-15(17)16-7-3-5-9-18(16)21/h2-12,21H,13H2,1H3,(H,23,24)/b22-12-. The fourth-order valence-electron chi connectivity index (χ4n) is 3.16. The predicted octanol–water partition coefficient (Wildman–Crippen LogP) is 5.01. The summed E-state index contributed by atoms with van der Waals surface area (Å²) in [5.41, 5.74) is 8.91. The highest BCUT2D eigenvalue weighted by Crippen LogP contribution is 2.49. The van der Waals surface area contributed by atoms with E-state index in [4.69, 9.17) is 0 Å². The van der Waals surface area contributed by atoms with Gasteiger partial charge in [-0.15, -0.1) is 23.1 Å². The highest BCUT2D eigenvalue weighted by atomic mass is 32.2. The number of benzene rings is 2. The quantitative estimate of drug-likeness (QED) is 0.501. The van der Waals surface area contributed by atoms with E-state index in [0.29, 0.717) is 5.75 Å². The lowest BCUT2D eigenvalue weighted by molar-refractivity contribution is -0.118. The fraction of sp³-hybridized carbons (Fsp3) is 0.143. The van der Waals surface area contributed by atoms with Crippen LogP contribution in [0.15, 0.2) is 65.1 Å². The van der Waals surface area contributed by atoms with Gasteiger partial charge in [0.15, 0.2) is 0 Å². The zero-order valence-corrected chi connectivity index (χ0v) is 15.9. The lowest BCUT2D eigenvalue weighted by Crippen LogP contribution is -2.20. The van der Waals surface area contributed by atoms with Gasteiger partial charge in [-0.2, -0.15) is 5.10 Å². The van der Waals surface area contributed by atoms with Crippen LogP contribution in [-0.2, 0) is 4.79 Å². The van der Waals surface area contributed by atoms with Crippen LogP contribution in [0.4, 0.5) is 0 Å². The summed E-state index contributed by atoms with van der Waals surface area (Å²) in [5, 5.41) is 6.29. The van der Waals surface area contributed by atoms with Crippen LogP contribution >= 0.6 is 23.1 Å². The number of rotatable bonds is 5. The van der Waals surface area contributed by atoms with Crippen molar-refractivity contribution in [3.05, 3.63) is 81.5 Å². The van der Waals surface area contributed by atoms with Crippen LogP contribution in [0.2, 0.25) is 0 Å². The van der Waals surface area contributed by atoms with Crippen molar-refractivity contribution in [2.75, 3.05) is 5.75 Å². The summed E-state index contributed by atoms with van der Waals surface area (Å²) in [7, 11) is 0. The van der Waals surface area contributed by atoms with Gasteiger partial charge in [-0.25, -0.2) is 5.43 Å². The summed E-state index contributed by atoms with van der Waals surface area (Å²) >= 11 is 3.26. The van der Waals surface area contributed by atoms with Crippen LogP contribution in [0.5, 0.6) is 0 Å². The highest BCUT2D eigenvalue weighted by molar-refractivity contribution is 8.00. The molecule has 2 aromatic carbocycles. The van der Waals surface area contributed by atoms with E-state index in [-0.39, 0.29) is 11.2 Å². The molecule has 1 aliphatic rings. The molecule has 3 nitrogen and oxygen atoms in total. The number of hydrogen-bond acceptors (Lipinski definition) is 4. The summed E-state index contributed by atoms with van der Waals surface area (Å²) in [6, 6.07) is 18.9. The zero-order chi connectivity index (χ0) is 17.9. The number of carbonyl (C=O) groups is 1. The first-order valence-corrected chi connectivity index (χ1v) is 10.3. The fourth-order valence-corrected chi connectivity index (χ4v) is 5.10. The Morgan fingerprint density at radius 3 is 2.38 bits per heavy atom. The second kappa shape index (κ2) is 7.48. The Kier molecular flexibility index (Phi) is 4.91. The monoisotopic (exact) mass is 378 g/mol. The Morgan fingerprint density at radius 2 is 1.77 bits per heavy atom. The van der Waals surface area contributed by atoms with Crippen LogP contribution in [0, 0.1) is 6.92 Å². The van der Waals surface area contributed by atoms with Crippen molar-refractivity contribution < 1.29 is 4.79 Å². The maximum absolute atomic E-state index is 12.2. The molecule has 1 heterocycles. The largest absolute Gasteiger partial charge is 0.272 e. The highest BCUT2D eigenvalue weighted by Gasteiger charge is 2.28. The summed E-state index contributed by atoms with van der Waals surface area (Å²) in [6.45, 7) is 2.03. The van der Waals surface area contributed by atoms with Crippen molar-refractivity contribution in [2.24, 2.45) is 5.10 Å². The molecule has 0 aliphatic heterocycles. The second-order valence-corrected chi connectivity index (χ2v) is 8.17. The normalized spacial score (nSPS) is 13.0. The number of hydrazone groups is 1. The van der Waals surface area contributed by atoms with Gasteiger partial charge < -0.3 is 0 Å². The van der Waals surface area contributed by atoms with E-state index in [9.17, 15) is 4.79 Å². The van der Waals surface area contributed by atoms with Gasteiger partial charge in [0.2, 0.25) is 5.91 Å². The van der Waals surface area contributed by atoms with E-state index in [0.717, 1.165) is 4.88 Å². The van der Waals surface area contributed by atoms with Crippen LogP contribution in [0.25, 0.3) is 11.1 Å². The molecule has 0 saturated heterocycles. The molecule has 4 rings (SSSR count). The number of fused-ring (bicyclic) bond motifs is 3. The topological polar surface area (TPSA) is 41.5 Å². The Balaban J connectivity index is 1.42. The van der Waals surface area contributed by atoms with Crippen molar-refractivity contribution in [1.82, 2.24) is 5.43 Å². The molecule has 5 heteroatoms. The van der Waals surface area contributed by atoms with Crippen molar-refractivity contribution in [3.63, 3.8) is 0 Å². The van der Waals surface area contributed by atoms with Gasteiger partial charge in [0, 0.05) is 4.88 Å². The average molecular weight is 379 g/mol. The van der Waals surface area contributed by atoms with Gasteiger partial charge in [-0.1, -0.05) is 48.5 Å². The molecule has 0 unspecified atom stereocenters. The Hall–Kier alpha value is -2.37. The van der Waals surface area contributed by atoms with Gasteiger partial charge >= 0.3 is 0 Å². The number of nitrogens with zero attached hydrogens (tertiary/aromatic N) is 1. The minimum atomic E-state index is -0.0812. The van der Waals surface area contributed by atoms with Crippen molar-refractivity contribution in [1.29, 1.82) is 0 Å². The Morgan fingerprint density at radius 1 is 1.12 bits per heavy atom. The van der Waals surface area contributed by atoms with Gasteiger partial charge in [-0.3, -0.25) is 4.79 Å². The van der Waals surface area contributed by atoms with Gasteiger partial charge in [0.05, 0.1) is 17.2 Å². The molecule has 1 N–H and O–H groups in total. The van der Waals surface area contributed by atoms with E-state index in [1.54, 1.807) is 29.3 Å². The SMILES string of the molecule is Cc1ccsc1/C=N\NC(=O)CSC1c2ccccc2-c2ccccc21. The molecule has 0 bridgehead atoms. The van der Waals surface area contributed by atoms with Crippen molar-refractivity contribution >= 4 is 35.2 Å². The first kappa shape index (κ1) is 17.1. The molecule has 1 aliphatic carbocycles. The zero-order valence-electron chi connectivity index (χ0n) is 14.3. The smallest absolute Gasteiger partial charge is 0.250 e. The third-order valence-corrected chi connectivity index (χ3v) is 6.65. The van der Waals surface area contributed by atoms with Crippen LogP contribution in [0.3, 0.4) is 0 Å². The Labute approximate surface area is 161 Å². The van der Waals surface area contributed by atoms with Gasteiger partial charge in [-0.05, 0) is 46.2 Å². The summed E-state index contributed by atoms with van der Waals surface area (Å²) in [4.78, 5) is 13.3. The molecule has 130 valence electrons. The molecular weight excluding hydrogens is 360 g/mol. The number of hydrogen-bond donors (Lipinski definition) is 1. The number of carbonyl (C=O) groups excluding carboxylic acids is 1. The van der Waals surface area contributed by atoms with Crippen LogP contribution < -0.4 is 5.43 Å². The summed E-state index contributed by atoms with van der Waals surface area (Å²) < 4.78 is 0. The lowest BCUT2D eigenvalue weighted by atomic mass is 10.1. The van der Waals surface area contributed by atoms with Crippen LogP contribution in [-0.4, -0.2) is 17.9 Å². The second-order valence-electron chi connectivity index (χ2n) is 6.13. The maximum atomic E-state index is 12.2. The third kappa shape index (κ3) is 3.32. The number of nitrogens with one attached hydrogen (secondary N) is 1. The minimum Gasteiger partial charge on any atom is -0.272 e. The average Bonchev–Trinajstić information content (AvgIpc) is 3.21. The third-order valence-electron chi connectivity index (χ3n) is 4.43. The Bertz CT molecular complexity index is 932. The van der Waals surface area contributed by atoms with E-state index in [1.165, 1.54) is 27.8 Å². The molecule has 0 atom stereocenters. The summed E-state index contributed by atoms with van der Waals surface area (Å²) in [6.07, 6.45) is 1.71. The summed E-state index contributed by atoms with van der Waals surface area (Å²) in [5.74, 6) is 0.288. The lowest BCUT2D eigenvalue weighted by Gasteiger charge is -2.12. The molecule has 0 fully saturated rings. The minimum absolute atomic E-state index is 0.0812. The molecule has 1 amide bonds. The molecule has 0 radical (unpaired) electrons. The molecule has 3 aromatic rings. The van der Waals surface area contributed by atoms with E-state index < -0.39 is 0 Å². The van der Waals surface area contributed by atoms with Gasteiger partial charge in [0.1, 0.15) is 0 Å². The first-order valence-electron chi connectivity index (χ1n) is 8.40. The first-order chi connectivity index (χ1) is 12.7. The number of thioether (sulfide) groups is 1. The van der Waals surface area contributed by atoms with Crippen molar-refractivity contribution in [3.8, 4) is 11.1 Å². The van der Waals surface area contributed by atoms with Crippen LogP contribution in [0.1, 0.15) is 26.8 Å². The molecule has 0 spiro atoms. The van der Waals surface area contributed by atoms with Crippen molar-refractivity contribution in [2.45, 2.75) is 12.2 Å². The van der Waals surface area contributed by atoms with E-state index >= 15 is 0 Å². The van der Waals surface area contributed by atoms with E-state index in [1.807, 2.05) is 18.4 Å². The number of amides is 1. The predicted molar refractivity (Wildman–Crippen MR) is 111 cm³/mol. The molecule has 0 saturated carbocycles. The molecule has 1 aromatic heterocycles. The number of thiophene rings is 1.